The maximum Gasteiger partial charge on any atom is 0.238 e. The van der Waals surface area contributed by atoms with Crippen molar-refractivity contribution < 1.29 is 9.53 Å². The van der Waals surface area contributed by atoms with E-state index in [0.29, 0.717) is 12.6 Å². The SMILES string of the molecule is O=C1CNC(c2ccsc2)N1C1CCOCC1. The van der Waals surface area contributed by atoms with Crippen molar-refractivity contribution in [2.75, 3.05) is 19.8 Å². The molecule has 4 nitrogen and oxygen atoms in total. The molecule has 2 fully saturated rings. The van der Waals surface area contributed by atoms with Crippen molar-refractivity contribution in [2.24, 2.45) is 0 Å². The van der Waals surface area contributed by atoms with Gasteiger partial charge in [-0.3, -0.25) is 10.1 Å². The molecule has 2 aliphatic heterocycles. The predicted octanol–water partition coefficient (Wildman–Crippen LogP) is 1.36. The van der Waals surface area contributed by atoms with Crippen molar-refractivity contribution in [3.05, 3.63) is 22.4 Å². The van der Waals surface area contributed by atoms with Crippen LogP contribution in [0.15, 0.2) is 16.8 Å². The fourth-order valence-electron chi connectivity index (χ4n) is 2.60. The van der Waals surface area contributed by atoms with E-state index in [9.17, 15) is 4.79 Å². The molecule has 0 radical (unpaired) electrons. The number of nitrogens with zero attached hydrogens (tertiary/aromatic N) is 1. The van der Waals surface area contributed by atoms with E-state index in [0.717, 1.165) is 26.1 Å². The number of nitrogens with one attached hydrogen (secondary N) is 1. The normalized spacial score (nSPS) is 26.7. The largest absolute Gasteiger partial charge is 0.381 e. The lowest BCUT2D eigenvalue weighted by Gasteiger charge is -2.34. The second-order valence-corrected chi connectivity index (χ2v) is 5.26. The van der Waals surface area contributed by atoms with Crippen molar-refractivity contribution >= 4 is 17.2 Å². The van der Waals surface area contributed by atoms with Gasteiger partial charge < -0.3 is 9.64 Å². The highest BCUT2D eigenvalue weighted by Gasteiger charge is 2.37. The van der Waals surface area contributed by atoms with Crippen LogP contribution in [0, 0.1) is 0 Å². The molecule has 1 atom stereocenters. The molecule has 1 aromatic rings. The van der Waals surface area contributed by atoms with Gasteiger partial charge in [-0.15, -0.1) is 0 Å². The predicted molar refractivity (Wildman–Crippen MR) is 65.7 cm³/mol. The number of carbonyl (C=O) groups is 1. The Morgan fingerprint density at radius 3 is 2.94 bits per heavy atom. The van der Waals surface area contributed by atoms with Crippen LogP contribution >= 0.6 is 11.3 Å². The highest BCUT2D eigenvalue weighted by molar-refractivity contribution is 7.07. The van der Waals surface area contributed by atoms with Crippen LogP contribution in [0.1, 0.15) is 24.6 Å². The Kier molecular flexibility index (Phi) is 3.13. The van der Waals surface area contributed by atoms with E-state index in [1.807, 2.05) is 4.90 Å². The first-order chi connectivity index (χ1) is 8.36. The summed E-state index contributed by atoms with van der Waals surface area (Å²) in [4.78, 5) is 14.0. The molecule has 1 aromatic heterocycles. The molecule has 3 rings (SSSR count). The summed E-state index contributed by atoms with van der Waals surface area (Å²) < 4.78 is 5.36. The molecule has 0 spiro atoms. The standard InChI is InChI=1S/C12H16N2O2S/c15-11-7-13-12(9-3-6-17-8-9)14(11)10-1-4-16-5-2-10/h3,6,8,10,12-13H,1-2,4-5,7H2. The topological polar surface area (TPSA) is 41.6 Å². The molecular weight excluding hydrogens is 236 g/mol. The third-order valence-electron chi connectivity index (χ3n) is 3.46. The minimum absolute atomic E-state index is 0.0665. The summed E-state index contributed by atoms with van der Waals surface area (Å²) in [6.45, 7) is 1.99. The lowest BCUT2D eigenvalue weighted by molar-refractivity contribution is -0.132. The van der Waals surface area contributed by atoms with Crippen LogP contribution in [-0.2, 0) is 9.53 Å². The average Bonchev–Trinajstić information content (AvgIpc) is 2.98. The van der Waals surface area contributed by atoms with Gasteiger partial charge in [0, 0.05) is 19.3 Å². The third-order valence-corrected chi connectivity index (χ3v) is 4.16. The molecule has 0 aliphatic carbocycles. The number of ether oxygens (including phenoxy) is 1. The maximum atomic E-state index is 12.0. The van der Waals surface area contributed by atoms with Crippen LogP contribution in [0.3, 0.4) is 0 Å². The fourth-order valence-corrected chi connectivity index (χ4v) is 3.28. The Labute approximate surface area is 105 Å². The van der Waals surface area contributed by atoms with E-state index in [2.05, 4.69) is 22.1 Å². The first-order valence-electron chi connectivity index (χ1n) is 6.00. The summed E-state index contributed by atoms with van der Waals surface area (Å²) in [5.41, 5.74) is 1.20. The van der Waals surface area contributed by atoms with Gasteiger partial charge in [0.1, 0.15) is 6.17 Å². The minimum atomic E-state index is 0.0665. The van der Waals surface area contributed by atoms with E-state index in [1.54, 1.807) is 11.3 Å². The van der Waals surface area contributed by atoms with Crippen LogP contribution in [0.2, 0.25) is 0 Å². The van der Waals surface area contributed by atoms with Crippen molar-refractivity contribution in [3.8, 4) is 0 Å². The van der Waals surface area contributed by atoms with Crippen LogP contribution < -0.4 is 5.32 Å². The highest BCUT2D eigenvalue weighted by atomic mass is 32.1. The summed E-state index contributed by atoms with van der Waals surface area (Å²) in [6.07, 6.45) is 1.97. The van der Waals surface area contributed by atoms with E-state index in [-0.39, 0.29) is 12.1 Å². The van der Waals surface area contributed by atoms with Crippen LogP contribution in [0.5, 0.6) is 0 Å². The van der Waals surface area contributed by atoms with Crippen LogP contribution in [0.25, 0.3) is 0 Å². The molecule has 1 amide bonds. The Morgan fingerprint density at radius 2 is 2.24 bits per heavy atom. The summed E-state index contributed by atoms with van der Waals surface area (Å²) >= 11 is 1.67. The van der Waals surface area contributed by atoms with Crippen LogP contribution in [-0.4, -0.2) is 36.6 Å². The van der Waals surface area contributed by atoms with Gasteiger partial charge in [-0.25, -0.2) is 0 Å². The number of rotatable bonds is 2. The third kappa shape index (κ3) is 2.10. The van der Waals surface area contributed by atoms with Gasteiger partial charge in [0.25, 0.3) is 0 Å². The number of hydrogen-bond donors (Lipinski definition) is 1. The highest BCUT2D eigenvalue weighted by Crippen LogP contribution is 2.29. The molecular formula is C12H16N2O2S. The molecule has 1 unspecified atom stereocenters. The first-order valence-corrected chi connectivity index (χ1v) is 6.95. The lowest BCUT2D eigenvalue weighted by Crippen LogP contribution is -2.42. The molecule has 0 bridgehead atoms. The second-order valence-electron chi connectivity index (χ2n) is 4.48. The minimum Gasteiger partial charge on any atom is -0.381 e. The van der Waals surface area contributed by atoms with Gasteiger partial charge in [0.05, 0.1) is 6.54 Å². The molecule has 0 saturated carbocycles. The zero-order valence-corrected chi connectivity index (χ0v) is 10.4. The Balaban J connectivity index is 1.81. The van der Waals surface area contributed by atoms with E-state index < -0.39 is 0 Å². The van der Waals surface area contributed by atoms with Crippen molar-refractivity contribution in [1.82, 2.24) is 10.2 Å². The van der Waals surface area contributed by atoms with Gasteiger partial charge in [-0.1, -0.05) is 0 Å². The van der Waals surface area contributed by atoms with Crippen molar-refractivity contribution in [3.63, 3.8) is 0 Å². The Hall–Kier alpha value is -0.910. The van der Waals surface area contributed by atoms with Crippen molar-refractivity contribution in [1.29, 1.82) is 0 Å². The van der Waals surface area contributed by atoms with Gasteiger partial charge in [0.15, 0.2) is 0 Å². The number of thiophene rings is 1. The monoisotopic (exact) mass is 252 g/mol. The van der Waals surface area contributed by atoms with E-state index in [1.165, 1.54) is 5.56 Å². The summed E-state index contributed by atoms with van der Waals surface area (Å²) in [5.74, 6) is 0.216. The summed E-state index contributed by atoms with van der Waals surface area (Å²) in [7, 11) is 0. The molecule has 2 saturated heterocycles. The van der Waals surface area contributed by atoms with Gasteiger partial charge in [0.2, 0.25) is 5.91 Å². The summed E-state index contributed by atoms with van der Waals surface area (Å²) in [5, 5.41) is 7.47. The zero-order chi connectivity index (χ0) is 11.7. The van der Waals surface area contributed by atoms with Gasteiger partial charge >= 0.3 is 0 Å². The lowest BCUT2D eigenvalue weighted by atomic mass is 10.1. The molecule has 17 heavy (non-hydrogen) atoms. The van der Waals surface area contributed by atoms with E-state index in [4.69, 9.17) is 4.74 Å². The Bertz CT molecular complexity index is 387. The van der Waals surface area contributed by atoms with Gasteiger partial charge in [-0.2, -0.15) is 11.3 Å². The molecule has 92 valence electrons. The number of amides is 1. The van der Waals surface area contributed by atoms with Crippen LogP contribution in [0.4, 0.5) is 0 Å². The maximum absolute atomic E-state index is 12.0. The van der Waals surface area contributed by atoms with E-state index >= 15 is 0 Å². The first kappa shape index (κ1) is 11.2. The smallest absolute Gasteiger partial charge is 0.238 e. The van der Waals surface area contributed by atoms with Crippen molar-refractivity contribution in [2.45, 2.75) is 25.0 Å². The Morgan fingerprint density at radius 1 is 1.41 bits per heavy atom. The molecule has 5 heteroatoms. The fraction of sp³-hybridized carbons (Fsp3) is 0.583. The summed E-state index contributed by atoms with van der Waals surface area (Å²) in [6, 6.07) is 2.42. The number of hydrogen-bond acceptors (Lipinski definition) is 4. The zero-order valence-electron chi connectivity index (χ0n) is 9.59. The quantitative estimate of drug-likeness (QED) is 0.864. The molecule has 0 aromatic carbocycles. The molecule has 2 aliphatic rings. The average molecular weight is 252 g/mol. The van der Waals surface area contributed by atoms with Gasteiger partial charge in [-0.05, 0) is 35.2 Å². The number of carbonyl (C=O) groups excluding carboxylic acids is 1. The molecule has 3 heterocycles. The molecule has 1 N–H and O–H groups in total. The second kappa shape index (κ2) is 4.76.